The Morgan fingerprint density at radius 2 is 1.75 bits per heavy atom. The van der Waals surface area contributed by atoms with Crippen molar-refractivity contribution in [1.82, 2.24) is 9.55 Å². The molecule has 2 heterocycles. The van der Waals surface area contributed by atoms with E-state index in [0.29, 0.717) is 19.6 Å². The van der Waals surface area contributed by atoms with Gasteiger partial charge in [-0.2, -0.15) is 0 Å². The number of aryl methyl sites for hydroxylation is 5. The number of carbonyl (C=O) groups excluding carboxylic acids is 1. The average Bonchev–Trinajstić information content (AvgIpc) is 3.40. The summed E-state index contributed by atoms with van der Waals surface area (Å²) in [4.78, 5) is 20.0. The van der Waals surface area contributed by atoms with E-state index in [-0.39, 0.29) is 11.8 Å². The molecular weight excluding hydrogens is 470 g/mol. The van der Waals surface area contributed by atoms with Crippen molar-refractivity contribution in [2.75, 3.05) is 18.1 Å². The first-order chi connectivity index (χ1) is 17.3. The lowest BCUT2D eigenvalue weighted by Gasteiger charge is -2.20. The standard InChI is InChI=1S/C30H32ClN3O2/c1-19-10-11-26(20(2)14-19)34-18-23(17-28(34)35)30-32-25-8-5-6-9-27(25)33(30)12-7-13-36-24-15-21(3)29(31)22(4)16-24/h5-6,8-11,14-16,23H,7,12-13,17-18H2,1-4H3. The predicted molar refractivity (Wildman–Crippen MR) is 146 cm³/mol. The van der Waals surface area contributed by atoms with Crippen LogP contribution in [0.2, 0.25) is 5.02 Å². The van der Waals surface area contributed by atoms with Gasteiger partial charge in [-0.1, -0.05) is 41.4 Å². The second-order valence-electron chi connectivity index (χ2n) is 9.88. The van der Waals surface area contributed by atoms with E-state index < -0.39 is 0 Å². The lowest BCUT2D eigenvalue weighted by atomic mass is 10.1. The Kier molecular flexibility index (Phi) is 6.76. The third-order valence-corrected chi connectivity index (χ3v) is 7.62. The lowest BCUT2D eigenvalue weighted by Crippen LogP contribution is -2.25. The molecule has 0 N–H and O–H groups in total. The quantitative estimate of drug-likeness (QED) is 0.258. The van der Waals surface area contributed by atoms with Gasteiger partial charge in [0.25, 0.3) is 0 Å². The van der Waals surface area contributed by atoms with Crippen molar-refractivity contribution in [1.29, 1.82) is 0 Å². The van der Waals surface area contributed by atoms with Gasteiger partial charge in [0.2, 0.25) is 5.91 Å². The monoisotopic (exact) mass is 501 g/mol. The number of carbonyl (C=O) groups is 1. The van der Waals surface area contributed by atoms with Crippen LogP contribution in [0.15, 0.2) is 54.6 Å². The minimum atomic E-state index is 0.0492. The molecule has 4 aromatic rings. The maximum atomic E-state index is 13.1. The fraction of sp³-hybridized carbons (Fsp3) is 0.333. The highest BCUT2D eigenvalue weighted by Crippen LogP contribution is 2.35. The second kappa shape index (κ2) is 9.98. The SMILES string of the molecule is Cc1ccc(N2CC(c3nc4ccccc4n3CCCOc3cc(C)c(Cl)c(C)c3)CC2=O)c(C)c1. The zero-order chi connectivity index (χ0) is 25.4. The second-order valence-corrected chi connectivity index (χ2v) is 10.3. The highest BCUT2D eigenvalue weighted by molar-refractivity contribution is 6.32. The van der Waals surface area contributed by atoms with E-state index in [9.17, 15) is 4.79 Å². The van der Waals surface area contributed by atoms with E-state index in [0.717, 1.165) is 63.0 Å². The van der Waals surface area contributed by atoms with Gasteiger partial charge in [-0.05, 0) is 81.1 Å². The Labute approximate surface area is 217 Å². The molecule has 1 atom stereocenters. The van der Waals surface area contributed by atoms with Gasteiger partial charge in [0.05, 0.1) is 17.6 Å². The molecule has 1 aliphatic heterocycles. The van der Waals surface area contributed by atoms with Crippen LogP contribution < -0.4 is 9.64 Å². The van der Waals surface area contributed by atoms with Crippen LogP contribution in [0.1, 0.15) is 46.8 Å². The van der Waals surface area contributed by atoms with E-state index in [1.54, 1.807) is 0 Å². The molecule has 1 aromatic heterocycles. The number of imidazole rings is 1. The summed E-state index contributed by atoms with van der Waals surface area (Å²) in [5, 5.41) is 0.790. The molecule has 1 amide bonds. The van der Waals surface area contributed by atoms with Crippen LogP contribution in [0.5, 0.6) is 5.75 Å². The van der Waals surface area contributed by atoms with Gasteiger partial charge in [-0.15, -0.1) is 0 Å². The van der Waals surface area contributed by atoms with Crippen LogP contribution >= 0.6 is 11.6 Å². The molecule has 5 rings (SSSR count). The summed E-state index contributed by atoms with van der Waals surface area (Å²) in [5.41, 5.74) is 7.44. The van der Waals surface area contributed by atoms with Crippen molar-refractivity contribution < 1.29 is 9.53 Å². The maximum Gasteiger partial charge on any atom is 0.227 e. The van der Waals surface area contributed by atoms with E-state index in [1.165, 1.54) is 5.56 Å². The summed E-state index contributed by atoms with van der Waals surface area (Å²) in [7, 11) is 0. The zero-order valence-electron chi connectivity index (χ0n) is 21.3. The molecule has 3 aromatic carbocycles. The number of halogens is 1. The van der Waals surface area contributed by atoms with E-state index >= 15 is 0 Å². The Morgan fingerprint density at radius 1 is 1.00 bits per heavy atom. The largest absolute Gasteiger partial charge is 0.494 e. The summed E-state index contributed by atoms with van der Waals surface area (Å²) in [6.07, 6.45) is 1.30. The molecule has 0 aliphatic carbocycles. The van der Waals surface area contributed by atoms with Gasteiger partial charge >= 0.3 is 0 Å². The number of nitrogens with zero attached hydrogens (tertiary/aromatic N) is 3. The van der Waals surface area contributed by atoms with E-state index in [1.807, 2.05) is 49.1 Å². The molecule has 0 radical (unpaired) electrons. The van der Waals surface area contributed by atoms with Crippen LogP contribution in [-0.2, 0) is 11.3 Å². The highest BCUT2D eigenvalue weighted by atomic mass is 35.5. The summed E-state index contributed by atoms with van der Waals surface area (Å²) in [5.74, 6) is 2.03. The van der Waals surface area contributed by atoms with Gasteiger partial charge in [-0.3, -0.25) is 4.79 Å². The molecular formula is C30H32ClN3O2. The molecule has 0 bridgehead atoms. The number of hydrogen-bond acceptors (Lipinski definition) is 3. The molecule has 6 heteroatoms. The lowest BCUT2D eigenvalue weighted by molar-refractivity contribution is -0.117. The Balaban J connectivity index is 1.35. The van der Waals surface area contributed by atoms with Crippen LogP contribution in [0.25, 0.3) is 11.0 Å². The fourth-order valence-corrected chi connectivity index (χ4v) is 5.37. The number of anilines is 1. The maximum absolute atomic E-state index is 13.1. The third-order valence-electron chi connectivity index (χ3n) is 7.02. The molecule has 1 saturated heterocycles. The first-order valence-electron chi connectivity index (χ1n) is 12.5. The molecule has 1 aliphatic rings. The van der Waals surface area contributed by atoms with Gasteiger partial charge in [0, 0.05) is 36.1 Å². The summed E-state index contributed by atoms with van der Waals surface area (Å²) in [6, 6.07) is 18.4. The summed E-state index contributed by atoms with van der Waals surface area (Å²) in [6.45, 7) is 10.1. The molecule has 5 nitrogen and oxygen atoms in total. The summed E-state index contributed by atoms with van der Waals surface area (Å²) < 4.78 is 8.34. The smallest absolute Gasteiger partial charge is 0.227 e. The van der Waals surface area contributed by atoms with Crippen molar-refractivity contribution in [3.63, 3.8) is 0 Å². The number of aromatic nitrogens is 2. The van der Waals surface area contributed by atoms with Gasteiger partial charge in [0.15, 0.2) is 0 Å². The van der Waals surface area contributed by atoms with E-state index in [4.69, 9.17) is 21.3 Å². The molecule has 186 valence electrons. The average molecular weight is 502 g/mol. The number of rotatable bonds is 7. The predicted octanol–water partition coefficient (Wildman–Crippen LogP) is 6.91. The van der Waals surface area contributed by atoms with Crippen molar-refractivity contribution in [3.8, 4) is 5.75 Å². The molecule has 1 unspecified atom stereocenters. The first kappa shape index (κ1) is 24.4. The molecule has 0 spiro atoms. The van der Waals surface area contributed by atoms with Crippen LogP contribution in [-0.4, -0.2) is 28.6 Å². The van der Waals surface area contributed by atoms with Crippen molar-refractivity contribution in [3.05, 3.63) is 87.7 Å². The zero-order valence-corrected chi connectivity index (χ0v) is 22.1. The first-order valence-corrected chi connectivity index (χ1v) is 12.9. The minimum absolute atomic E-state index is 0.0492. The highest BCUT2D eigenvalue weighted by Gasteiger charge is 2.35. The number of fused-ring (bicyclic) bond motifs is 1. The Morgan fingerprint density at radius 3 is 2.50 bits per heavy atom. The van der Waals surface area contributed by atoms with Gasteiger partial charge in [0.1, 0.15) is 11.6 Å². The number of benzene rings is 3. The van der Waals surface area contributed by atoms with Crippen molar-refractivity contribution >= 4 is 34.2 Å². The van der Waals surface area contributed by atoms with Crippen LogP contribution in [0.3, 0.4) is 0 Å². The number of amides is 1. The van der Waals surface area contributed by atoms with Crippen molar-refractivity contribution in [2.45, 2.75) is 53.0 Å². The third kappa shape index (κ3) is 4.72. The van der Waals surface area contributed by atoms with Crippen LogP contribution in [0.4, 0.5) is 5.69 Å². The molecule has 0 saturated carbocycles. The molecule has 36 heavy (non-hydrogen) atoms. The van der Waals surface area contributed by atoms with E-state index in [2.05, 4.69) is 42.7 Å². The van der Waals surface area contributed by atoms with Crippen molar-refractivity contribution in [2.24, 2.45) is 0 Å². The number of para-hydroxylation sites is 2. The number of hydrogen-bond donors (Lipinski definition) is 0. The number of ether oxygens (including phenoxy) is 1. The van der Waals surface area contributed by atoms with Gasteiger partial charge < -0.3 is 14.2 Å². The Hall–Kier alpha value is -3.31. The summed E-state index contributed by atoms with van der Waals surface area (Å²) >= 11 is 6.30. The molecule has 1 fully saturated rings. The fourth-order valence-electron chi connectivity index (χ4n) is 5.26. The van der Waals surface area contributed by atoms with Gasteiger partial charge in [-0.25, -0.2) is 4.98 Å². The normalized spacial score (nSPS) is 15.8. The Bertz CT molecular complexity index is 1420. The minimum Gasteiger partial charge on any atom is -0.494 e. The van der Waals surface area contributed by atoms with Crippen LogP contribution in [0, 0.1) is 27.7 Å². The topological polar surface area (TPSA) is 47.4 Å².